The molecule has 2 rings (SSSR count). The molecule has 1 heterocycles. The number of benzene rings is 1. The van der Waals surface area contributed by atoms with Crippen LogP contribution in [-0.2, 0) is 4.79 Å². The van der Waals surface area contributed by atoms with Crippen molar-refractivity contribution < 1.29 is 9.53 Å². The van der Waals surface area contributed by atoms with Crippen molar-refractivity contribution in [2.75, 3.05) is 26.7 Å². The van der Waals surface area contributed by atoms with Gasteiger partial charge in [-0.25, -0.2) is 0 Å². The van der Waals surface area contributed by atoms with E-state index in [2.05, 4.69) is 30.3 Å². The molecule has 1 aliphatic heterocycles. The van der Waals surface area contributed by atoms with Crippen molar-refractivity contribution in [2.24, 2.45) is 5.41 Å². The van der Waals surface area contributed by atoms with E-state index in [1.54, 1.807) is 38.1 Å². The van der Waals surface area contributed by atoms with Crippen molar-refractivity contribution >= 4 is 5.91 Å². The van der Waals surface area contributed by atoms with E-state index >= 15 is 0 Å². The lowest BCUT2D eigenvalue weighted by Crippen LogP contribution is -2.52. The van der Waals surface area contributed by atoms with Crippen LogP contribution in [0.5, 0.6) is 5.75 Å². The third-order valence-corrected chi connectivity index (χ3v) is 4.55. The number of nitriles is 1. The fourth-order valence-corrected chi connectivity index (χ4v) is 3.17. The Morgan fingerprint density at radius 1 is 1.42 bits per heavy atom. The molecule has 1 amide bonds. The summed E-state index contributed by atoms with van der Waals surface area (Å²) in [7, 11) is 2.12. The Bertz CT molecular complexity index is 618. The van der Waals surface area contributed by atoms with E-state index in [-0.39, 0.29) is 11.3 Å². The van der Waals surface area contributed by atoms with Gasteiger partial charge in [0.05, 0.1) is 11.6 Å². The van der Waals surface area contributed by atoms with E-state index in [0.29, 0.717) is 17.9 Å². The minimum absolute atomic E-state index is 0.104. The molecule has 5 heteroatoms. The van der Waals surface area contributed by atoms with Crippen molar-refractivity contribution in [2.45, 2.75) is 39.2 Å². The second-order valence-corrected chi connectivity index (χ2v) is 7.58. The maximum absolute atomic E-state index is 12.6. The van der Waals surface area contributed by atoms with Crippen LogP contribution in [0.1, 0.15) is 39.2 Å². The van der Waals surface area contributed by atoms with E-state index in [1.165, 1.54) is 0 Å². The zero-order valence-electron chi connectivity index (χ0n) is 15.1. The molecule has 1 fully saturated rings. The number of rotatable bonds is 5. The van der Waals surface area contributed by atoms with Crippen LogP contribution in [0.25, 0.3) is 0 Å². The Hall–Kier alpha value is -2.06. The molecule has 1 atom stereocenters. The molecule has 24 heavy (non-hydrogen) atoms. The third kappa shape index (κ3) is 4.72. The molecule has 0 spiro atoms. The fourth-order valence-electron chi connectivity index (χ4n) is 3.17. The van der Waals surface area contributed by atoms with Gasteiger partial charge in [0.2, 0.25) is 0 Å². The average molecular weight is 329 g/mol. The molecule has 5 nitrogen and oxygen atoms in total. The molecule has 130 valence electrons. The molecule has 1 aromatic carbocycles. The van der Waals surface area contributed by atoms with Gasteiger partial charge in [0.25, 0.3) is 5.91 Å². The smallest absolute Gasteiger partial charge is 0.263 e. The molecule has 0 aromatic heterocycles. The molecule has 0 bridgehead atoms. The van der Waals surface area contributed by atoms with E-state index in [1.807, 2.05) is 0 Å². The highest BCUT2D eigenvalue weighted by atomic mass is 16.5. The van der Waals surface area contributed by atoms with Gasteiger partial charge in [-0.3, -0.25) is 4.79 Å². The lowest BCUT2D eigenvalue weighted by atomic mass is 9.82. The number of carbonyl (C=O) groups excluding carboxylic acids is 1. The highest BCUT2D eigenvalue weighted by molar-refractivity contribution is 5.84. The molecule has 1 saturated heterocycles. The number of nitrogens with one attached hydrogen (secondary N) is 1. The average Bonchev–Trinajstić information content (AvgIpc) is 2.53. The van der Waals surface area contributed by atoms with Crippen LogP contribution in [-0.4, -0.2) is 43.1 Å². The molecular formula is C19H27N3O2. The number of hydrogen-bond donors (Lipinski definition) is 1. The first-order chi connectivity index (χ1) is 11.2. The van der Waals surface area contributed by atoms with Crippen molar-refractivity contribution in [3.8, 4) is 11.8 Å². The number of piperidine rings is 1. The van der Waals surface area contributed by atoms with Crippen molar-refractivity contribution in [1.82, 2.24) is 10.2 Å². The molecular weight excluding hydrogens is 302 g/mol. The fraction of sp³-hybridized carbons (Fsp3) is 0.579. The minimum Gasteiger partial charge on any atom is -0.478 e. The molecule has 0 radical (unpaired) electrons. The summed E-state index contributed by atoms with van der Waals surface area (Å²) >= 11 is 0. The Kier molecular flexibility index (Phi) is 5.51. The van der Waals surface area contributed by atoms with Crippen molar-refractivity contribution in [1.29, 1.82) is 5.26 Å². The van der Waals surface area contributed by atoms with Gasteiger partial charge in [-0.2, -0.15) is 5.26 Å². The van der Waals surface area contributed by atoms with Gasteiger partial charge < -0.3 is 15.0 Å². The predicted octanol–water partition coefficient (Wildman–Crippen LogP) is 2.56. The summed E-state index contributed by atoms with van der Waals surface area (Å²) in [4.78, 5) is 14.9. The van der Waals surface area contributed by atoms with Gasteiger partial charge in [0.15, 0.2) is 5.60 Å². The summed E-state index contributed by atoms with van der Waals surface area (Å²) < 4.78 is 5.83. The highest BCUT2D eigenvalue weighted by Gasteiger charge is 2.34. The molecule has 1 aliphatic rings. The zero-order chi connectivity index (χ0) is 17.8. The third-order valence-electron chi connectivity index (χ3n) is 4.55. The van der Waals surface area contributed by atoms with Crippen LogP contribution in [0.15, 0.2) is 24.3 Å². The first-order valence-electron chi connectivity index (χ1n) is 8.40. The van der Waals surface area contributed by atoms with E-state index < -0.39 is 5.60 Å². The minimum atomic E-state index is -0.967. The van der Waals surface area contributed by atoms with Crippen LogP contribution in [0, 0.1) is 16.7 Å². The lowest BCUT2D eigenvalue weighted by molar-refractivity contribution is -0.134. The number of ether oxygens (including phenoxy) is 1. The number of amides is 1. The summed E-state index contributed by atoms with van der Waals surface area (Å²) in [6.45, 7) is 8.50. The Labute approximate surface area is 144 Å². The van der Waals surface area contributed by atoms with Crippen LogP contribution in [0.4, 0.5) is 0 Å². The molecule has 0 aliphatic carbocycles. The standard InChI is InChI=1S/C19H27N3O2/c1-18(2,24-16-8-6-15(12-20)7-9-16)17(23)21-13-19(3)10-5-11-22(4)14-19/h6-9H,5,10-11,13-14H2,1-4H3,(H,21,23)/t19-/m1/s1. The quantitative estimate of drug-likeness (QED) is 0.902. The first-order valence-corrected chi connectivity index (χ1v) is 8.40. The monoisotopic (exact) mass is 329 g/mol. The molecule has 0 saturated carbocycles. The van der Waals surface area contributed by atoms with Gasteiger partial charge in [-0.1, -0.05) is 6.92 Å². The number of hydrogen-bond acceptors (Lipinski definition) is 4. The van der Waals surface area contributed by atoms with Gasteiger partial charge >= 0.3 is 0 Å². The van der Waals surface area contributed by atoms with Gasteiger partial charge in [0, 0.05) is 13.1 Å². The Morgan fingerprint density at radius 2 is 2.08 bits per heavy atom. The van der Waals surface area contributed by atoms with Gasteiger partial charge in [-0.05, 0) is 70.0 Å². The van der Waals surface area contributed by atoms with Crippen molar-refractivity contribution in [3.63, 3.8) is 0 Å². The van der Waals surface area contributed by atoms with E-state index in [9.17, 15) is 4.79 Å². The van der Waals surface area contributed by atoms with Crippen LogP contribution in [0.3, 0.4) is 0 Å². The first kappa shape index (κ1) is 18.3. The maximum atomic E-state index is 12.6. The number of likely N-dealkylation sites (tertiary alicyclic amines) is 1. The number of carbonyl (C=O) groups is 1. The van der Waals surface area contributed by atoms with E-state index in [0.717, 1.165) is 25.9 Å². The molecule has 1 N–H and O–H groups in total. The Morgan fingerprint density at radius 3 is 2.67 bits per heavy atom. The van der Waals surface area contributed by atoms with Crippen molar-refractivity contribution in [3.05, 3.63) is 29.8 Å². The summed E-state index contributed by atoms with van der Waals surface area (Å²) in [5.41, 5.74) is -0.294. The van der Waals surface area contributed by atoms with Crippen LogP contribution in [0.2, 0.25) is 0 Å². The topological polar surface area (TPSA) is 65.4 Å². The van der Waals surface area contributed by atoms with E-state index in [4.69, 9.17) is 10.00 Å². The second kappa shape index (κ2) is 7.23. The predicted molar refractivity (Wildman–Crippen MR) is 93.7 cm³/mol. The maximum Gasteiger partial charge on any atom is 0.263 e. The lowest BCUT2D eigenvalue weighted by Gasteiger charge is -2.39. The zero-order valence-corrected chi connectivity index (χ0v) is 15.1. The van der Waals surface area contributed by atoms with Gasteiger partial charge in [-0.15, -0.1) is 0 Å². The summed E-state index contributed by atoms with van der Waals surface area (Å²) in [5.74, 6) is 0.457. The highest BCUT2D eigenvalue weighted by Crippen LogP contribution is 2.28. The Balaban J connectivity index is 1.93. The van der Waals surface area contributed by atoms with Crippen LogP contribution < -0.4 is 10.1 Å². The normalized spacial score (nSPS) is 21.8. The van der Waals surface area contributed by atoms with Gasteiger partial charge in [0.1, 0.15) is 5.75 Å². The summed E-state index contributed by atoms with van der Waals surface area (Å²) in [5, 5.41) is 11.9. The second-order valence-electron chi connectivity index (χ2n) is 7.58. The molecule has 1 aromatic rings. The summed E-state index contributed by atoms with van der Waals surface area (Å²) in [6.07, 6.45) is 2.28. The molecule has 0 unspecified atom stereocenters. The largest absolute Gasteiger partial charge is 0.478 e. The van der Waals surface area contributed by atoms with Crippen LogP contribution >= 0.6 is 0 Å². The summed E-state index contributed by atoms with van der Waals surface area (Å²) in [6, 6.07) is 8.86. The number of nitrogens with zero attached hydrogens (tertiary/aromatic N) is 2. The SMILES string of the molecule is CN1CCC[C@](C)(CNC(=O)C(C)(C)Oc2ccc(C#N)cc2)C1.